The van der Waals surface area contributed by atoms with Crippen molar-refractivity contribution in [1.29, 1.82) is 0 Å². The van der Waals surface area contributed by atoms with E-state index in [1.807, 2.05) is 6.92 Å². The molecule has 0 bridgehead atoms. The van der Waals surface area contributed by atoms with Gasteiger partial charge in [0.25, 0.3) is 0 Å². The number of unbranched alkanes of at least 4 members (excludes halogenated alkanes) is 1. The van der Waals surface area contributed by atoms with Gasteiger partial charge in [-0.25, -0.2) is 9.59 Å². The van der Waals surface area contributed by atoms with Crippen LogP contribution in [-0.2, 0) is 30.5 Å². The number of carbonyl (C=O) groups excluding carboxylic acids is 3. The average Bonchev–Trinajstić information content (AvgIpc) is 2.63. The van der Waals surface area contributed by atoms with E-state index < -0.39 is 30.0 Å². The summed E-state index contributed by atoms with van der Waals surface area (Å²) in [6, 6.07) is 7.19. The van der Waals surface area contributed by atoms with Crippen molar-refractivity contribution < 1.29 is 33.8 Å². The van der Waals surface area contributed by atoms with Crippen LogP contribution in [0.25, 0.3) is 0 Å². The van der Waals surface area contributed by atoms with Crippen LogP contribution < -0.4 is 5.32 Å². The van der Waals surface area contributed by atoms with Crippen LogP contribution >= 0.6 is 0 Å². The van der Waals surface area contributed by atoms with E-state index in [9.17, 15) is 24.3 Å². The molecule has 2 atom stereocenters. The summed E-state index contributed by atoms with van der Waals surface area (Å²) in [6.07, 6.45) is 0.431. The number of amides is 1. The first-order valence-electron chi connectivity index (χ1n) is 8.29. The number of alkyl carbamates (subject to hydrolysis) is 1. The third-order valence-corrected chi connectivity index (χ3v) is 3.55. The molecule has 8 heteroatoms. The summed E-state index contributed by atoms with van der Waals surface area (Å²) in [7, 11) is 0. The Morgan fingerprint density at radius 2 is 1.88 bits per heavy atom. The molecule has 1 aromatic rings. The molecule has 0 saturated heterocycles. The van der Waals surface area contributed by atoms with Crippen molar-refractivity contribution in [3.8, 4) is 0 Å². The van der Waals surface area contributed by atoms with Gasteiger partial charge in [0.15, 0.2) is 0 Å². The number of nitrogens with one attached hydrogen (secondary N) is 1. The highest BCUT2D eigenvalue weighted by Gasteiger charge is 2.36. The molecule has 0 aliphatic rings. The molecule has 8 nitrogen and oxygen atoms in total. The van der Waals surface area contributed by atoms with Gasteiger partial charge >= 0.3 is 18.0 Å². The van der Waals surface area contributed by atoms with Crippen LogP contribution in [-0.4, -0.2) is 42.1 Å². The number of hydrogen-bond acceptors (Lipinski definition) is 6. The topological polar surface area (TPSA) is 119 Å². The Hall–Kier alpha value is -2.90. The number of esters is 1. The zero-order valence-corrected chi connectivity index (χ0v) is 14.6. The maximum absolute atomic E-state index is 12.1. The van der Waals surface area contributed by atoms with Crippen LogP contribution in [0, 0.1) is 5.92 Å². The molecule has 142 valence electrons. The van der Waals surface area contributed by atoms with E-state index in [-0.39, 0.29) is 19.6 Å². The summed E-state index contributed by atoms with van der Waals surface area (Å²) in [5.41, 5.74) is 0.720. The molecular formula is C18H23NO7. The minimum absolute atomic E-state index is 0.0572. The monoisotopic (exact) mass is 365 g/mol. The summed E-state index contributed by atoms with van der Waals surface area (Å²) >= 11 is 0. The van der Waals surface area contributed by atoms with Crippen molar-refractivity contribution >= 4 is 24.3 Å². The first-order valence-corrected chi connectivity index (χ1v) is 8.29. The smallest absolute Gasteiger partial charge is 0.408 e. The Morgan fingerprint density at radius 1 is 1.19 bits per heavy atom. The third kappa shape index (κ3) is 7.33. The molecule has 2 N–H and O–H groups in total. The molecule has 0 heterocycles. The molecule has 1 rings (SSSR count). The molecule has 0 spiro atoms. The van der Waals surface area contributed by atoms with Crippen LogP contribution in [0.3, 0.4) is 0 Å². The van der Waals surface area contributed by atoms with E-state index in [0.717, 1.165) is 12.0 Å². The molecule has 0 radical (unpaired) electrons. The second-order valence-electron chi connectivity index (χ2n) is 5.55. The quantitative estimate of drug-likeness (QED) is 0.349. The molecule has 0 fully saturated rings. The number of ether oxygens (including phenoxy) is 2. The maximum atomic E-state index is 12.1. The largest absolute Gasteiger partial charge is 0.480 e. The lowest BCUT2D eigenvalue weighted by Gasteiger charge is -2.21. The van der Waals surface area contributed by atoms with E-state index in [0.29, 0.717) is 12.7 Å². The van der Waals surface area contributed by atoms with Crippen LogP contribution in [0.2, 0.25) is 0 Å². The highest BCUT2D eigenvalue weighted by Crippen LogP contribution is 2.12. The van der Waals surface area contributed by atoms with Gasteiger partial charge in [-0.1, -0.05) is 43.7 Å². The van der Waals surface area contributed by atoms with Gasteiger partial charge in [0.2, 0.25) is 0 Å². The lowest BCUT2D eigenvalue weighted by Crippen LogP contribution is -2.49. The number of aliphatic carboxylic acids is 1. The van der Waals surface area contributed by atoms with Gasteiger partial charge in [-0.3, -0.25) is 4.79 Å². The number of carbonyl (C=O) groups is 4. The molecule has 0 aromatic heterocycles. The summed E-state index contributed by atoms with van der Waals surface area (Å²) in [4.78, 5) is 46.3. The average molecular weight is 365 g/mol. The first kappa shape index (κ1) is 21.1. The van der Waals surface area contributed by atoms with Gasteiger partial charge in [-0.15, -0.1) is 0 Å². The molecule has 0 aliphatic carbocycles. The number of benzene rings is 1. The maximum Gasteiger partial charge on any atom is 0.408 e. The second kappa shape index (κ2) is 11.6. The third-order valence-electron chi connectivity index (χ3n) is 3.55. The number of rotatable bonds is 11. The fraction of sp³-hybridized carbons (Fsp3) is 0.444. The zero-order chi connectivity index (χ0) is 19.4. The number of hydrogen-bond donors (Lipinski definition) is 2. The second-order valence-corrected chi connectivity index (χ2v) is 5.55. The van der Waals surface area contributed by atoms with Crippen molar-refractivity contribution in [2.45, 2.75) is 38.8 Å². The summed E-state index contributed by atoms with van der Waals surface area (Å²) in [5.74, 6) is -3.63. The Bertz CT molecular complexity index is 603. The Balaban J connectivity index is 2.70. The number of aldehydes is 1. The lowest BCUT2D eigenvalue weighted by molar-refractivity contribution is -0.156. The molecule has 1 amide bonds. The minimum atomic E-state index is -1.63. The van der Waals surface area contributed by atoms with Crippen molar-refractivity contribution in [2.24, 2.45) is 5.92 Å². The van der Waals surface area contributed by atoms with Gasteiger partial charge in [-0.05, 0) is 12.0 Å². The molecular weight excluding hydrogens is 342 g/mol. The van der Waals surface area contributed by atoms with Gasteiger partial charge in [0.05, 0.1) is 12.5 Å². The molecule has 0 saturated carbocycles. The molecule has 1 aromatic carbocycles. The van der Waals surface area contributed by atoms with E-state index in [1.54, 1.807) is 30.3 Å². The predicted molar refractivity (Wildman–Crippen MR) is 91.2 cm³/mol. The summed E-state index contributed by atoms with van der Waals surface area (Å²) < 4.78 is 9.95. The van der Waals surface area contributed by atoms with Crippen LogP contribution in [0.4, 0.5) is 4.79 Å². The highest BCUT2D eigenvalue weighted by atomic mass is 16.6. The van der Waals surface area contributed by atoms with E-state index in [2.05, 4.69) is 5.32 Å². The number of carboxylic acids is 1. The lowest BCUT2D eigenvalue weighted by atomic mass is 9.97. The van der Waals surface area contributed by atoms with Gasteiger partial charge in [-0.2, -0.15) is 0 Å². The zero-order valence-electron chi connectivity index (χ0n) is 14.6. The van der Waals surface area contributed by atoms with Gasteiger partial charge in [0, 0.05) is 6.42 Å². The van der Waals surface area contributed by atoms with Crippen molar-refractivity contribution in [1.82, 2.24) is 5.32 Å². The summed E-state index contributed by atoms with van der Waals surface area (Å²) in [5, 5.41) is 11.5. The van der Waals surface area contributed by atoms with Crippen molar-refractivity contribution in [3.05, 3.63) is 35.9 Å². The SMILES string of the molecule is CCCCOC(=O)[C@@H](CC=O)[C@H](NC(=O)OCc1ccccc1)C(=O)O. The Morgan fingerprint density at radius 3 is 2.46 bits per heavy atom. The van der Waals surface area contributed by atoms with Gasteiger partial charge < -0.3 is 24.7 Å². The van der Waals surface area contributed by atoms with Crippen LogP contribution in [0.15, 0.2) is 30.3 Å². The Labute approximate surface area is 151 Å². The molecule has 26 heavy (non-hydrogen) atoms. The van der Waals surface area contributed by atoms with Crippen LogP contribution in [0.5, 0.6) is 0 Å². The summed E-state index contributed by atoms with van der Waals surface area (Å²) in [6.45, 7) is 1.97. The predicted octanol–water partition coefficient (Wildman–Crippen LogP) is 1.91. The minimum Gasteiger partial charge on any atom is -0.480 e. The fourth-order valence-corrected chi connectivity index (χ4v) is 2.12. The standard InChI is InChI=1S/C18H23NO7/c1-2-3-11-25-17(23)14(9-10-20)15(16(21)22)19-18(24)26-12-13-7-5-4-6-8-13/h4-8,10,14-15H,2-3,9,11-12H2,1H3,(H,19,24)(H,21,22)/t14-,15-/m0/s1. The van der Waals surface area contributed by atoms with E-state index >= 15 is 0 Å². The first-order chi connectivity index (χ1) is 12.5. The van der Waals surface area contributed by atoms with Crippen LogP contribution in [0.1, 0.15) is 31.7 Å². The normalized spacial score (nSPS) is 12.5. The number of carboxylic acid groups (broad SMARTS) is 1. The molecule has 0 unspecified atom stereocenters. The van der Waals surface area contributed by atoms with E-state index in [4.69, 9.17) is 9.47 Å². The Kier molecular flexibility index (Phi) is 9.45. The van der Waals surface area contributed by atoms with Crippen molar-refractivity contribution in [3.63, 3.8) is 0 Å². The van der Waals surface area contributed by atoms with Crippen molar-refractivity contribution in [2.75, 3.05) is 6.61 Å². The van der Waals surface area contributed by atoms with Gasteiger partial charge in [0.1, 0.15) is 18.9 Å². The van der Waals surface area contributed by atoms with E-state index in [1.165, 1.54) is 0 Å². The highest BCUT2D eigenvalue weighted by molar-refractivity contribution is 5.88. The fourth-order valence-electron chi connectivity index (χ4n) is 2.12. The molecule has 0 aliphatic heterocycles.